The third-order valence-electron chi connectivity index (χ3n) is 5.99. The molecule has 0 radical (unpaired) electrons. The normalized spacial score (nSPS) is 14.4. The van der Waals surface area contributed by atoms with Crippen LogP contribution < -0.4 is 16.4 Å². The van der Waals surface area contributed by atoms with E-state index in [1.165, 1.54) is 10.5 Å². The molecule has 5 rings (SSSR count). The predicted molar refractivity (Wildman–Crippen MR) is 119 cm³/mol. The third-order valence-corrected chi connectivity index (χ3v) is 5.99. The standard InChI is InChI=1S/C24H23N5O2/c1-15-8-7-13-28-21(15)27-22-19(24(28)31)14-18(23(30)26-16-9-5-6-10-16)20(25)29(22)17-11-3-2-4-12-17/h2-4,7-8,11-14,16,25H,5-6,9-10H2,1H3,(H,26,30). The average Bonchev–Trinajstić information content (AvgIpc) is 3.28. The van der Waals surface area contributed by atoms with E-state index in [0.717, 1.165) is 31.2 Å². The van der Waals surface area contributed by atoms with Gasteiger partial charge in [-0.25, -0.2) is 4.98 Å². The molecule has 1 fully saturated rings. The van der Waals surface area contributed by atoms with Crippen molar-refractivity contribution in [3.05, 3.63) is 81.7 Å². The molecule has 3 aromatic heterocycles. The number of pyridine rings is 2. The van der Waals surface area contributed by atoms with Crippen LogP contribution in [0.3, 0.4) is 0 Å². The Hall–Kier alpha value is -3.74. The Morgan fingerprint density at radius 2 is 1.84 bits per heavy atom. The third kappa shape index (κ3) is 3.22. The van der Waals surface area contributed by atoms with Gasteiger partial charge in [-0.05, 0) is 49.6 Å². The number of nitrogens with zero attached hydrogens (tertiary/aromatic N) is 3. The fraction of sp³-hybridized carbons (Fsp3) is 0.250. The first kappa shape index (κ1) is 19.2. The number of aryl methyl sites for hydroxylation is 1. The quantitative estimate of drug-likeness (QED) is 0.506. The first-order valence-electron chi connectivity index (χ1n) is 10.5. The number of para-hydroxylation sites is 1. The van der Waals surface area contributed by atoms with Crippen molar-refractivity contribution in [1.29, 1.82) is 5.41 Å². The van der Waals surface area contributed by atoms with Crippen molar-refractivity contribution < 1.29 is 4.79 Å². The molecule has 0 atom stereocenters. The van der Waals surface area contributed by atoms with Crippen LogP contribution in [0.4, 0.5) is 0 Å². The Morgan fingerprint density at radius 1 is 1.10 bits per heavy atom. The largest absolute Gasteiger partial charge is 0.349 e. The zero-order valence-electron chi connectivity index (χ0n) is 17.3. The highest BCUT2D eigenvalue weighted by atomic mass is 16.2. The number of benzene rings is 1. The Morgan fingerprint density at radius 3 is 2.58 bits per heavy atom. The van der Waals surface area contributed by atoms with Gasteiger partial charge in [0.2, 0.25) is 0 Å². The second-order valence-corrected chi connectivity index (χ2v) is 8.07. The van der Waals surface area contributed by atoms with Gasteiger partial charge in [-0.3, -0.25) is 24.0 Å². The summed E-state index contributed by atoms with van der Waals surface area (Å²) in [5.41, 5.74) is 2.37. The van der Waals surface area contributed by atoms with Gasteiger partial charge in [-0.15, -0.1) is 0 Å². The van der Waals surface area contributed by atoms with Crippen LogP contribution in [0.2, 0.25) is 0 Å². The van der Waals surface area contributed by atoms with Crippen molar-refractivity contribution in [2.45, 2.75) is 38.6 Å². The molecule has 31 heavy (non-hydrogen) atoms. The maximum Gasteiger partial charge on any atom is 0.267 e. The van der Waals surface area contributed by atoms with Gasteiger partial charge in [-0.2, -0.15) is 0 Å². The van der Waals surface area contributed by atoms with Gasteiger partial charge in [0.05, 0.1) is 10.9 Å². The van der Waals surface area contributed by atoms with E-state index >= 15 is 0 Å². The van der Waals surface area contributed by atoms with E-state index in [0.29, 0.717) is 22.4 Å². The molecule has 3 heterocycles. The predicted octanol–water partition coefficient (Wildman–Crippen LogP) is 3.10. The van der Waals surface area contributed by atoms with Crippen molar-refractivity contribution in [3.63, 3.8) is 0 Å². The zero-order valence-corrected chi connectivity index (χ0v) is 17.3. The lowest BCUT2D eigenvalue weighted by molar-refractivity contribution is 0.0935. The van der Waals surface area contributed by atoms with E-state index in [1.807, 2.05) is 43.3 Å². The van der Waals surface area contributed by atoms with Crippen LogP contribution in [0.1, 0.15) is 41.6 Å². The molecule has 1 aliphatic carbocycles. The summed E-state index contributed by atoms with van der Waals surface area (Å²) >= 11 is 0. The van der Waals surface area contributed by atoms with Gasteiger partial charge in [0.1, 0.15) is 11.1 Å². The number of hydrogen-bond acceptors (Lipinski definition) is 4. The van der Waals surface area contributed by atoms with Gasteiger partial charge in [0, 0.05) is 17.9 Å². The zero-order chi connectivity index (χ0) is 21.5. The first-order valence-corrected chi connectivity index (χ1v) is 10.5. The summed E-state index contributed by atoms with van der Waals surface area (Å²) in [5.74, 6) is -0.322. The summed E-state index contributed by atoms with van der Waals surface area (Å²) in [6.07, 6.45) is 5.75. The topological polar surface area (TPSA) is 92.3 Å². The van der Waals surface area contributed by atoms with E-state index in [-0.39, 0.29) is 28.6 Å². The number of nitrogens with one attached hydrogen (secondary N) is 2. The first-order chi connectivity index (χ1) is 15.0. The number of rotatable bonds is 3. The minimum Gasteiger partial charge on any atom is -0.349 e. The minimum atomic E-state index is -0.322. The van der Waals surface area contributed by atoms with Crippen LogP contribution in [0.5, 0.6) is 0 Å². The maximum absolute atomic E-state index is 13.4. The molecule has 156 valence electrons. The Balaban J connectivity index is 1.83. The number of hydrogen-bond donors (Lipinski definition) is 2. The van der Waals surface area contributed by atoms with Crippen LogP contribution in [0.15, 0.2) is 59.5 Å². The lowest BCUT2D eigenvalue weighted by Crippen LogP contribution is -2.38. The average molecular weight is 413 g/mol. The van der Waals surface area contributed by atoms with Crippen molar-refractivity contribution in [3.8, 4) is 5.69 Å². The summed E-state index contributed by atoms with van der Waals surface area (Å²) in [5, 5.41) is 12.2. The number of carbonyl (C=O) groups is 1. The van der Waals surface area contributed by atoms with Gasteiger partial charge < -0.3 is 5.32 Å². The molecule has 0 saturated heterocycles. The van der Waals surface area contributed by atoms with E-state index in [2.05, 4.69) is 5.32 Å². The fourth-order valence-electron chi connectivity index (χ4n) is 4.37. The molecular formula is C24H23N5O2. The fourth-order valence-corrected chi connectivity index (χ4v) is 4.37. The van der Waals surface area contributed by atoms with Crippen molar-refractivity contribution in [2.75, 3.05) is 0 Å². The summed E-state index contributed by atoms with van der Waals surface area (Å²) < 4.78 is 3.09. The molecule has 1 saturated carbocycles. The molecule has 7 nitrogen and oxygen atoms in total. The summed E-state index contributed by atoms with van der Waals surface area (Å²) in [6.45, 7) is 1.89. The monoisotopic (exact) mass is 413 g/mol. The second kappa shape index (κ2) is 7.50. The summed E-state index contributed by atoms with van der Waals surface area (Å²) in [7, 11) is 0. The van der Waals surface area contributed by atoms with E-state index in [9.17, 15) is 9.59 Å². The van der Waals surface area contributed by atoms with E-state index in [1.54, 1.807) is 16.8 Å². The molecule has 0 unspecified atom stereocenters. The molecule has 7 heteroatoms. The number of aromatic nitrogens is 3. The van der Waals surface area contributed by atoms with Crippen LogP contribution in [0.25, 0.3) is 22.4 Å². The Bertz CT molecular complexity index is 1430. The van der Waals surface area contributed by atoms with Crippen LogP contribution in [0, 0.1) is 12.3 Å². The number of fused-ring (bicyclic) bond motifs is 2. The van der Waals surface area contributed by atoms with Gasteiger partial charge in [-0.1, -0.05) is 37.1 Å². The molecule has 0 spiro atoms. The highest BCUT2D eigenvalue weighted by Gasteiger charge is 2.22. The van der Waals surface area contributed by atoms with Crippen molar-refractivity contribution in [1.82, 2.24) is 19.3 Å². The SMILES string of the molecule is Cc1cccn2c(=O)c3cc(C(=O)NC4CCCC4)c(=N)n(-c4ccccc4)c3nc12. The lowest BCUT2D eigenvalue weighted by Gasteiger charge is -2.17. The Kier molecular flexibility index (Phi) is 4.66. The molecule has 0 aliphatic heterocycles. The van der Waals surface area contributed by atoms with Crippen LogP contribution in [-0.2, 0) is 0 Å². The molecular weight excluding hydrogens is 390 g/mol. The molecule has 0 bridgehead atoms. The van der Waals surface area contributed by atoms with Gasteiger partial charge >= 0.3 is 0 Å². The van der Waals surface area contributed by atoms with Crippen LogP contribution >= 0.6 is 0 Å². The highest BCUT2D eigenvalue weighted by Crippen LogP contribution is 2.19. The second-order valence-electron chi connectivity index (χ2n) is 8.07. The molecule has 1 aromatic carbocycles. The number of carbonyl (C=O) groups excluding carboxylic acids is 1. The van der Waals surface area contributed by atoms with Gasteiger partial charge in [0.25, 0.3) is 11.5 Å². The van der Waals surface area contributed by atoms with Crippen molar-refractivity contribution in [2.24, 2.45) is 0 Å². The molecule has 1 amide bonds. The lowest BCUT2D eigenvalue weighted by atomic mass is 10.1. The molecule has 2 N–H and O–H groups in total. The maximum atomic E-state index is 13.4. The minimum absolute atomic E-state index is 0.0130. The Labute approximate surface area is 178 Å². The van der Waals surface area contributed by atoms with Crippen LogP contribution in [-0.4, -0.2) is 25.9 Å². The molecule has 1 aliphatic rings. The van der Waals surface area contributed by atoms with Crippen molar-refractivity contribution >= 4 is 22.6 Å². The van der Waals surface area contributed by atoms with E-state index < -0.39 is 0 Å². The summed E-state index contributed by atoms with van der Waals surface area (Å²) in [4.78, 5) is 31.2. The molecule has 4 aromatic rings. The smallest absolute Gasteiger partial charge is 0.267 e. The highest BCUT2D eigenvalue weighted by molar-refractivity contribution is 5.97. The number of amides is 1. The van der Waals surface area contributed by atoms with E-state index in [4.69, 9.17) is 10.4 Å². The summed E-state index contributed by atoms with van der Waals surface area (Å²) in [6, 6.07) is 14.6. The van der Waals surface area contributed by atoms with Gasteiger partial charge in [0.15, 0.2) is 5.65 Å².